The average Bonchev–Trinajstić information content (AvgIpc) is 2.22. The molecule has 0 saturated carbocycles. The second kappa shape index (κ2) is 7.58. The van der Waals surface area contributed by atoms with Crippen LogP contribution >= 0.6 is 0 Å². The molecule has 19 heavy (non-hydrogen) atoms. The molecule has 0 aromatic rings. The van der Waals surface area contributed by atoms with Crippen LogP contribution in [0.3, 0.4) is 0 Å². The van der Waals surface area contributed by atoms with Gasteiger partial charge in [0.1, 0.15) is 0 Å². The first-order valence-electron chi connectivity index (χ1n) is 7.21. The zero-order valence-corrected chi connectivity index (χ0v) is 14.4. The Balaban J connectivity index is 4.39. The van der Waals surface area contributed by atoms with Crippen LogP contribution in [0.1, 0.15) is 61.3 Å². The molecule has 0 spiro atoms. The minimum Gasteiger partial charge on any atom is -0.302 e. The number of nitrogens with zero attached hydrogens (tertiary/aromatic N) is 2. The maximum Gasteiger partial charge on any atom is 0.0575 e. The van der Waals surface area contributed by atoms with Gasteiger partial charge in [-0.3, -0.25) is 0 Å². The molecule has 0 aliphatic carbocycles. The van der Waals surface area contributed by atoms with Gasteiger partial charge in [0.2, 0.25) is 0 Å². The van der Waals surface area contributed by atoms with E-state index >= 15 is 0 Å². The monoisotopic (exact) mass is 274 g/mol. The SMILES string of the molecule is CON(CCCC(C)(C)N(OC)C(C)C)C(C)(C)C. The molecule has 0 atom stereocenters. The van der Waals surface area contributed by atoms with Gasteiger partial charge in [0.15, 0.2) is 0 Å². The van der Waals surface area contributed by atoms with Crippen LogP contribution < -0.4 is 0 Å². The van der Waals surface area contributed by atoms with Crippen LogP contribution in [0, 0.1) is 0 Å². The summed E-state index contributed by atoms with van der Waals surface area (Å²) in [4.78, 5) is 11.0. The minimum atomic E-state index is 0.0280. The highest BCUT2D eigenvalue weighted by atomic mass is 16.7. The average molecular weight is 274 g/mol. The first-order valence-corrected chi connectivity index (χ1v) is 7.21. The van der Waals surface area contributed by atoms with E-state index in [4.69, 9.17) is 9.68 Å². The summed E-state index contributed by atoms with van der Waals surface area (Å²) in [6.45, 7) is 16.2. The zero-order valence-electron chi connectivity index (χ0n) is 14.4. The quantitative estimate of drug-likeness (QED) is 0.633. The first kappa shape index (κ1) is 18.8. The van der Waals surface area contributed by atoms with Crippen molar-refractivity contribution in [2.45, 2.75) is 78.4 Å². The molecule has 0 N–H and O–H groups in total. The second-order valence-electron chi connectivity index (χ2n) is 6.97. The van der Waals surface area contributed by atoms with Gasteiger partial charge in [-0.15, -0.1) is 0 Å². The molecule has 0 amide bonds. The van der Waals surface area contributed by atoms with Crippen LogP contribution in [0.2, 0.25) is 0 Å². The Labute approximate surface area is 120 Å². The Morgan fingerprint density at radius 3 is 1.79 bits per heavy atom. The van der Waals surface area contributed by atoms with E-state index in [1.54, 1.807) is 14.2 Å². The molecule has 0 aliphatic rings. The lowest BCUT2D eigenvalue weighted by Gasteiger charge is -2.40. The Morgan fingerprint density at radius 1 is 0.947 bits per heavy atom. The molecule has 0 radical (unpaired) electrons. The molecule has 0 aromatic heterocycles. The Morgan fingerprint density at radius 2 is 1.47 bits per heavy atom. The van der Waals surface area contributed by atoms with Gasteiger partial charge in [0, 0.05) is 23.7 Å². The van der Waals surface area contributed by atoms with Crippen molar-refractivity contribution in [1.29, 1.82) is 0 Å². The molecule has 0 saturated heterocycles. The van der Waals surface area contributed by atoms with Gasteiger partial charge in [-0.25, -0.2) is 0 Å². The Bertz CT molecular complexity index is 247. The lowest BCUT2D eigenvalue weighted by atomic mass is 9.96. The number of hydroxylamine groups is 4. The van der Waals surface area contributed by atoms with Crippen molar-refractivity contribution >= 4 is 0 Å². The first-order chi connectivity index (χ1) is 8.56. The fourth-order valence-electron chi connectivity index (χ4n) is 2.62. The highest BCUT2D eigenvalue weighted by Gasteiger charge is 2.30. The van der Waals surface area contributed by atoms with Crippen LogP contribution in [-0.2, 0) is 9.68 Å². The van der Waals surface area contributed by atoms with Crippen molar-refractivity contribution < 1.29 is 9.68 Å². The Kier molecular flexibility index (Phi) is 7.51. The third kappa shape index (κ3) is 6.21. The van der Waals surface area contributed by atoms with Gasteiger partial charge < -0.3 is 9.68 Å². The van der Waals surface area contributed by atoms with Crippen LogP contribution in [-0.4, -0.2) is 48.0 Å². The van der Waals surface area contributed by atoms with E-state index in [0.717, 1.165) is 19.4 Å². The van der Waals surface area contributed by atoms with Gasteiger partial charge in [0.05, 0.1) is 14.2 Å². The van der Waals surface area contributed by atoms with E-state index in [-0.39, 0.29) is 11.1 Å². The molecule has 0 bridgehead atoms. The summed E-state index contributed by atoms with van der Waals surface area (Å²) in [5.74, 6) is 0. The Hall–Kier alpha value is -0.160. The fraction of sp³-hybridized carbons (Fsp3) is 1.00. The van der Waals surface area contributed by atoms with Gasteiger partial charge >= 0.3 is 0 Å². The van der Waals surface area contributed by atoms with Gasteiger partial charge in [-0.1, -0.05) is 0 Å². The maximum atomic E-state index is 5.52. The van der Waals surface area contributed by atoms with Gasteiger partial charge in [-0.05, 0) is 61.3 Å². The molecular weight excluding hydrogens is 240 g/mol. The smallest absolute Gasteiger partial charge is 0.0575 e. The van der Waals surface area contributed by atoms with E-state index in [9.17, 15) is 0 Å². The molecule has 0 heterocycles. The number of hydrogen-bond acceptors (Lipinski definition) is 4. The molecule has 0 rings (SSSR count). The highest BCUT2D eigenvalue weighted by Crippen LogP contribution is 2.24. The summed E-state index contributed by atoms with van der Waals surface area (Å²) in [6, 6.07) is 0.376. The topological polar surface area (TPSA) is 24.9 Å². The normalized spacial score (nSPS) is 13.9. The zero-order chi connectivity index (χ0) is 15.3. The summed E-state index contributed by atoms with van der Waals surface area (Å²) in [6.07, 6.45) is 2.14. The molecule has 116 valence electrons. The third-order valence-corrected chi connectivity index (χ3v) is 3.38. The summed E-state index contributed by atoms with van der Waals surface area (Å²) in [7, 11) is 3.49. The minimum absolute atomic E-state index is 0.0280. The summed E-state index contributed by atoms with van der Waals surface area (Å²) in [5, 5.41) is 4.11. The number of rotatable bonds is 8. The van der Waals surface area contributed by atoms with Crippen LogP contribution in [0.15, 0.2) is 0 Å². The largest absolute Gasteiger partial charge is 0.302 e. The third-order valence-electron chi connectivity index (χ3n) is 3.38. The maximum absolute atomic E-state index is 5.52. The predicted octanol–water partition coefficient (Wildman–Crippen LogP) is 3.48. The van der Waals surface area contributed by atoms with Crippen molar-refractivity contribution in [3.05, 3.63) is 0 Å². The molecule has 0 aliphatic heterocycles. The van der Waals surface area contributed by atoms with Crippen molar-refractivity contribution in [1.82, 2.24) is 10.1 Å². The highest BCUT2D eigenvalue weighted by molar-refractivity contribution is 4.80. The summed E-state index contributed by atoms with van der Waals surface area (Å²) < 4.78 is 0. The van der Waals surface area contributed by atoms with Crippen molar-refractivity contribution in [2.75, 3.05) is 20.8 Å². The lowest BCUT2D eigenvalue weighted by Crippen LogP contribution is -2.48. The fourth-order valence-corrected chi connectivity index (χ4v) is 2.62. The van der Waals surface area contributed by atoms with Gasteiger partial charge in [-0.2, -0.15) is 10.1 Å². The molecule has 0 aromatic carbocycles. The van der Waals surface area contributed by atoms with Crippen molar-refractivity contribution in [3.63, 3.8) is 0 Å². The molecule has 4 heteroatoms. The predicted molar refractivity (Wildman–Crippen MR) is 80.8 cm³/mol. The molecule has 0 unspecified atom stereocenters. The lowest BCUT2D eigenvalue weighted by molar-refractivity contribution is -0.218. The van der Waals surface area contributed by atoms with E-state index in [1.807, 2.05) is 5.06 Å². The van der Waals surface area contributed by atoms with Gasteiger partial charge in [0.25, 0.3) is 0 Å². The number of hydrogen-bond donors (Lipinski definition) is 0. The molecular formula is C15H34N2O2. The van der Waals surface area contributed by atoms with Crippen LogP contribution in [0.5, 0.6) is 0 Å². The molecule has 0 fully saturated rings. The van der Waals surface area contributed by atoms with E-state index in [2.05, 4.69) is 53.5 Å². The summed E-state index contributed by atoms with van der Waals surface area (Å²) in [5.41, 5.74) is 0.0676. The van der Waals surface area contributed by atoms with Crippen LogP contribution in [0.25, 0.3) is 0 Å². The van der Waals surface area contributed by atoms with E-state index in [0.29, 0.717) is 6.04 Å². The van der Waals surface area contributed by atoms with E-state index in [1.165, 1.54) is 0 Å². The van der Waals surface area contributed by atoms with Crippen LogP contribution in [0.4, 0.5) is 0 Å². The second-order valence-corrected chi connectivity index (χ2v) is 6.97. The standard InChI is InChI=1S/C15H34N2O2/c1-13(2)17(19-9)15(6,7)11-10-12-16(18-8)14(3,4)5/h13H,10-12H2,1-9H3. The van der Waals surface area contributed by atoms with Crippen molar-refractivity contribution in [3.8, 4) is 0 Å². The van der Waals surface area contributed by atoms with E-state index < -0.39 is 0 Å². The van der Waals surface area contributed by atoms with Crippen molar-refractivity contribution in [2.24, 2.45) is 0 Å². The molecule has 4 nitrogen and oxygen atoms in total. The summed E-state index contributed by atoms with van der Waals surface area (Å²) >= 11 is 0.